The molecule has 1 N–H and O–H groups in total. The summed E-state index contributed by atoms with van der Waals surface area (Å²) in [6.07, 6.45) is 1.42. The molecule has 3 aromatic carbocycles. The van der Waals surface area contributed by atoms with E-state index in [1.54, 1.807) is 42.5 Å². The third-order valence-corrected chi connectivity index (χ3v) is 4.68. The Hall–Kier alpha value is -4.64. The van der Waals surface area contributed by atoms with Crippen molar-refractivity contribution in [3.8, 4) is 17.6 Å². The number of nitro groups is 1. The molecular weight excluding hydrogens is 422 g/mol. The van der Waals surface area contributed by atoms with Gasteiger partial charge in [0, 0.05) is 29.4 Å². The number of carbonyl (C=O) groups is 1. The van der Waals surface area contributed by atoms with Crippen molar-refractivity contribution < 1.29 is 19.2 Å². The van der Waals surface area contributed by atoms with Gasteiger partial charge in [0.25, 0.3) is 11.6 Å². The van der Waals surface area contributed by atoms with Crippen LogP contribution in [0.25, 0.3) is 6.08 Å². The van der Waals surface area contributed by atoms with Gasteiger partial charge < -0.3 is 14.8 Å². The summed E-state index contributed by atoms with van der Waals surface area (Å²) in [6, 6.07) is 20.2. The number of carbonyl (C=O) groups excluding carboxylic acids is 1. The highest BCUT2D eigenvalue weighted by atomic mass is 16.6. The van der Waals surface area contributed by atoms with Crippen molar-refractivity contribution in [3.63, 3.8) is 0 Å². The summed E-state index contributed by atoms with van der Waals surface area (Å²) >= 11 is 0. The van der Waals surface area contributed by atoms with E-state index in [1.807, 2.05) is 25.1 Å². The Bertz CT molecular complexity index is 1260. The van der Waals surface area contributed by atoms with Crippen LogP contribution < -0.4 is 14.8 Å². The van der Waals surface area contributed by atoms with Gasteiger partial charge in [-0.15, -0.1) is 0 Å². The zero-order valence-electron chi connectivity index (χ0n) is 18.1. The number of nitrogens with zero attached hydrogens (tertiary/aromatic N) is 2. The first-order valence-electron chi connectivity index (χ1n) is 9.93. The molecule has 8 heteroatoms. The van der Waals surface area contributed by atoms with Gasteiger partial charge in [0.05, 0.1) is 12.0 Å². The van der Waals surface area contributed by atoms with E-state index in [-0.39, 0.29) is 17.9 Å². The molecule has 0 spiro atoms. The van der Waals surface area contributed by atoms with Gasteiger partial charge in [-0.2, -0.15) is 5.26 Å². The van der Waals surface area contributed by atoms with Crippen LogP contribution in [0.3, 0.4) is 0 Å². The Labute approximate surface area is 190 Å². The molecule has 0 bridgehead atoms. The molecule has 0 radical (unpaired) electrons. The van der Waals surface area contributed by atoms with Crippen molar-refractivity contribution >= 4 is 23.4 Å². The fourth-order valence-electron chi connectivity index (χ4n) is 3.03. The van der Waals surface area contributed by atoms with Gasteiger partial charge in [-0.3, -0.25) is 14.9 Å². The normalized spacial score (nSPS) is 10.8. The van der Waals surface area contributed by atoms with E-state index in [1.165, 1.54) is 25.3 Å². The maximum atomic E-state index is 12.6. The summed E-state index contributed by atoms with van der Waals surface area (Å²) in [5.74, 6) is 0.324. The van der Waals surface area contributed by atoms with Crippen molar-refractivity contribution in [2.75, 3.05) is 12.4 Å². The Kier molecular flexibility index (Phi) is 7.39. The molecule has 3 rings (SSSR count). The molecule has 0 aromatic heterocycles. The molecule has 0 saturated carbocycles. The van der Waals surface area contributed by atoms with Gasteiger partial charge in [-0.25, -0.2) is 0 Å². The van der Waals surface area contributed by atoms with E-state index in [4.69, 9.17) is 9.47 Å². The van der Waals surface area contributed by atoms with Crippen LogP contribution in [-0.4, -0.2) is 17.9 Å². The van der Waals surface area contributed by atoms with Crippen LogP contribution in [0.15, 0.2) is 72.3 Å². The average Bonchev–Trinajstić information content (AvgIpc) is 2.81. The van der Waals surface area contributed by atoms with Crippen LogP contribution in [0.2, 0.25) is 0 Å². The van der Waals surface area contributed by atoms with Crippen LogP contribution in [0.5, 0.6) is 11.5 Å². The van der Waals surface area contributed by atoms with Crippen LogP contribution in [0, 0.1) is 28.4 Å². The zero-order chi connectivity index (χ0) is 23.8. The molecule has 1 amide bonds. The lowest BCUT2D eigenvalue weighted by Crippen LogP contribution is -2.13. The highest BCUT2D eigenvalue weighted by molar-refractivity contribution is 6.09. The van der Waals surface area contributed by atoms with E-state index in [9.17, 15) is 20.2 Å². The number of nitrogens with one attached hydrogen (secondary N) is 1. The second-order valence-electron chi connectivity index (χ2n) is 7.11. The molecule has 0 saturated heterocycles. The minimum absolute atomic E-state index is 0.0403. The second-order valence-corrected chi connectivity index (χ2v) is 7.11. The number of nitriles is 1. The van der Waals surface area contributed by atoms with Crippen molar-refractivity contribution in [2.45, 2.75) is 13.5 Å². The van der Waals surface area contributed by atoms with Gasteiger partial charge in [0.2, 0.25) is 0 Å². The number of amides is 1. The maximum absolute atomic E-state index is 12.6. The molecule has 3 aromatic rings. The number of hydrogen-bond donors (Lipinski definition) is 1. The third-order valence-electron chi connectivity index (χ3n) is 4.68. The number of rotatable bonds is 8. The van der Waals surface area contributed by atoms with Crippen LogP contribution in [0.1, 0.15) is 16.7 Å². The van der Waals surface area contributed by atoms with E-state index in [0.29, 0.717) is 28.3 Å². The number of anilines is 1. The molecule has 0 unspecified atom stereocenters. The quantitative estimate of drug-likeness (QED) is 0.226. The Morgan fingerprint density at radius 2 is 1.94 bits per heavy atom. The van der Waals surface area contributed by atoms with Gasteiger partial charge in [0.1, 0.15) is 29.7 Å². The number of hydrogen-bond acceptors (Lipinski definition) is 6. The smallest absolute Gasteiger partial charge is 0.269 e. The predicted molar refractivity (Wildman–Crippen MR) is 124 cm³/mol. The van der Waals surface area contributed by atoms with E-state index in [0.717, 1.165) is 5.56 Å². The molecule has 33 heavy (non-hydrogen) atoms. The summed E-state index contributed by atoms with van der Waals surface area (Å²) in [5.41, 5.74) is 2.49. The summed E-state index contributed by atoms with van der Waals surface area (Å²) in [6.45, 7) is 1.95. The van der Waals surface area contributed by atoms with Gasteiger partial charge in [-0.1, -0.05) is 24.3 Å². The highest BCUT2D eigenvalue weighted by Crippen LogP contribution is 2.28. The number of benzene rings is 3. The lowest BCUT2D eigenvalue weighted by molar-refractivity contribution is -0.384. The van der Waals surface area contributed by atoms with E-state index < -0.39 is 10.8 Å². The third kappa shape index (κ3) is 6.18. The van der Waals surface area contributed by atoms with E-state index >= 15 is 0 Å². The first-order valence-corrected chi connectivity index (χ1v) is 9.93. The largest absolute Gasteiger partial charge is 0.497 e. The fourth-order valence-corrected chi connectivity index (χ4v) is 3.03. The van der Waals surface area contributed by atoms with Crippen molar-refractivity contribution in [3.05, 3.63) is 99.1 Å². The minimum atomic E-state index is -0.552. The van der Waals surface area contributed by atoms with Gasteiger partial charge in [0.15, 0.2) is 0 Å². The van der Waals surface area contributed by atoms with Crippen molar-refractivity contribution in [2.24, 2.45) is 0 Å². The molecular formula is C25H21N3O5. The topological polar surface area (TPSA) is 114 Å². The van der Waals surface area contributed by atoms with Crippen molar-refractivity contribution in [1.82, 2.24) is 0 Å². The maximum Gasteiger partial charge on any atom is 0.269 e. The highest BCUT2D eigenvalue weighted by Gasteiger charge is 2.13. The number of ether oxygens (including phenoxy) is 2. The Morgan fingerprint density at radius 1 is 1.15 bits per heavy atom. The monoisotopic (exact) mass is 443 g/mol. The summed E-state index contributed by atoms with van der Waals surface area (Å²) in [7, 11) is 1.51. The molecule has 0 heterocycles. The number of non-ortho nitro benzene ring substituents is 1. The van der Waals surface area contributed by atoms with E-state index in [2.05, 4.69) is 5.32 Å². The summed E-state index contributed by atoms with van der Waals surface area (Å²) in [5, 5.41) is 23.3. The van der Waals surface area contributed by atoms with Crippen LogP contribution >= 0.6 is 0 Å². The molecule has 0 aliphatic rings. The van der Waals surface area contributed by atoms with Crippen LogP contribution in [0.4, 0.5) is 11.4 Å². The SMILES string of the molecule is COc1ccc(/C=C(\C#N)C(=O)Nc2cccc(C)c2)c(OCc2cccc([N+](=O)[O-])c2)c1. The average molecular weight is 443 g/mol. The predicted octanol–water partition coefficient (Wildman–Crippen LogP) is 5.04. The number of aryl methyl sites for hydroxylation is 1. The fraction of sp³-hybridized carbons (Fsp3) is 0.120. The summed E-state index contributed by atoms with van der Waals surface area (Å²) < 4.78 is 11.1. The first kappa shape index (κ1) is 23.0. The molecule has 0 atom stereocenters. The van der Waals surface area contributed by atoms with Gasteiger partial charge in [-0.05, 0) is 48.4 Å². The zero-order valence-corrected chi connectivity index (χ0v) is 18.1. The van der Waals surface area contributed by atoms with Crippen LogP contribution in [-0.2, 0) is 11.4 Å². The molecule has 166 valence electrons. The second kappa shape index (κ2) is 10.6. The lowest BCUT2D eigenvalue weighted by Gasteiger charge is -2.12. The van der Waals surface area contributed by atoms with Crippen molar-refractivity contribution in [1.29, 1.82) is 5.26 Å². The minimum Gasteiger partial charge on any atom is -0.497 e. The number of methoxy groups -OCH3 is 1. The molecule has 0 aliphatic carbocycles. The number of nitro benzene ring substituents is 1. The summed E-state index contributed by atoms with van der Waals surface area (Å²) in [4.78, 5) is 23.2. The Morgan fingerprint density at radius 3 is 2.64 bits per heavy atom. The molecule has 0 aliphatic heterocycles. The molecule has 0 fully saturated rings. The Balaban J connectivity index is 1.86. The first-order chi connectivity index (χ1) is 15.9. The standard InChI is InChI=1S/C25H21N3O5/c1-17-5-3-7-21(11-17)27-25(29)20(15-26)13-19-9-10-23(32-2)14-24(19)33-16-18-6-4-8-22(12-18)28(30)31/h3-14H,16H2,1-2H3,(H,27,29)/b20-13+. The molecule has 8 nitrogen and oxygen atoms in total. The lowest BCUT2D eigenvalue weighted by atomic mass is 10.1. The van der Waals surface area contributed by atoms with Gasteiger partial charge >= 0.3 is 0 Å².